The van der Waals surface area contributed by atoms with Crippen molar-refractivity contribution in [2.75, 3.05) is 38.2 Å². The van der Waals surface area contributed by atoms with Crippen molar-refractivity contribution < 1.29 is 9.53 Å². The number of benzene rings is 1. The molecule has 7 heteroatoms. The summed E-state index contributed by atoms with van der Waals surface area (Å²) in [6.45, 7) is 4.92. The molecule has 2 atom stereocenters. The zero-order valence-corrected chi connectivity index (χ0v) is 16.1. The molecule has 0 aromatic heterocycles. The second-order valence-electron chi connectivity index (χ2n) is 6.57. The lowest BCUT2D eigenvalue weighted by Crippen LogP contribution is -2.36. The van der Waals surface area contributed by atoms with Crippen LogP contribution in [0.15, 0.2) is 24.3 Å². The maximum Gasteiger partial charge on any atom is 0.227 e. The molecule has 1 saturated carbocycles. The van der Waals surface area contributed by atoms with Crippen molar-refractivity contribution in [3.05, 3.63) is 29.8 Å². The average Bonchev–Trinajstić information content (AvgIpc) is 3.06. The molecule has 0 spiro atoms. The van der Waals surface area contributed by atoms with Gasteiger partial charge in [0, 0.05) is 31.2 Å². The summed E-state index contributed by atoms with van der Waals surface area (Å²) in [7, 11) is 0. The molecule has 1 amide bonds. The van der Waals surface area contributed by atoms with Gasteiger partial charge in [0.25, 0.3) is 0 Å². The Kier molecular flexibility index (Phi) is 9.75. The number of morpholine rings is 1. The van der Waals surface area contributed by atoms with Crippen LogP contribution in [-0.4, -0.2) is 43.7 Å². The Morgan fingerprint density at radius 3 is 2.64 bits per heavy atom. The number of halogens is 2. The minimum absolute atomic E-state index is 0. The standard InChI is InChI=1S/C18H27N3O2.2ClH/c19-12-14-5-3-6-16(14)18(22)20-17-7-2-1-4-15(17)13-21-8-10-23-11-9-21;;/h1-2,4,7,14,16H,3,5-6,8-13,19H2,(H,20,22);2*1H/t14-,16-;;/m1../s1. The quantitative estimate of drug-likeness (QED) is 0.811. The predicted octanol–water partition coefficient (Wildman–Crippen LogP) is 2.68. The number of carbonyl (C=O) groups excluding carboxylic acids is 1. The van der Waals surface area contributed by atoms with Crippen LogP contribution in [0.4, 0.5) is 5.69 Å². The predicted molar refractivity (Wildman–Crippen MR) is 106 cm³/mol. The van der Waals surface area contributed by atoms with Gasteiger partial charge in [0.15, 0.2) is 0 Å². The van der Waals surface area contributed by atoms with Crippen LogP contribution < -0.4 is 11.1 Å². The average molecular weight is 390 g/mol. The van der Waals surface area contributed by atoms with Crippen molar-refractivity contribution in [2.45, 2.75) is 25.8 Å². The third kappa shape index (κ3) is 5.83. The maximum absolute atomic E-state index is 12.6. The van der Waals surface area contributed by atoms with Gasteiger partial charge in [-0.15, -0.1) is 24.8 Å². The van der Waals surface area contributed by atoms with Crippen molar-refractivity contribution in [3.8, 4) is 0 Å². The van der Waals surface area contributed by atoms with E-state index in [1.54, 1.807) is 0 Å². The highest BCUT2D eigenvalue weighted by Gasteiger charge is 2.32. The fourth-order valence-electron chi connectivity index (χ4n) is 3.67. The van der Waals surface area contributed by atoms with Crippen molar-refractivity contribution >= 4 is 36.4 Å². The van der Waals surface area contributed by atoms with E-state index in [9.17, 15) is 4.79 Å². The molecule has 1 aromatic rings. The van der Waals surface area contributed by atoms with Crippen LogP contribution in [0.5, 0.6) is 0 Å². The summed E-state index contributed by atoms with van der Waals surface area (Å²) in [5.74, 6) is 0.533. The largest absolute Gasteiger partial charge is 0.379 e. The van der Waals surface area contributed by atoms with E-state index in [-0.39, 0.29) is 36.6 Å². The highest BCUT2D eigenvalue weighted by atomic mass is 35.5. The summed E-state index contributed by atoms with van der Waals surface area (Å²) >= 11 is 0. The summed E-state index contributed by atoms with van der Waals surface area (Å²) in [4.78, 5) is 15.0. The van der Waals surface area contributed by atoms with E-state index in [0.29, 0.717) is 12.5 Å². The molecule has 1 saturated heterocycles. The molecular formula is C18H29Cl2N3O2. The summed E-state index contributed by atoms with van der Waals surface area (Å²) in [5.41, 5.74) is 7.92. The Morgan fingerprint density at radius 2 is 1.92 bits per heavy atom. The summed E-state index contributed by atoms with van der Waals surface area (Å²) in [5, 5.41) is 3.15. The third-order valence-electron chi connectivity index (χ3n) is 5.07. The number of anilines is 1. The number of hydrogen-bond acceptors (Lipinski definition) is 4. The highest BCUT2D eigenvalue weighted by molar-refractivity contribution is 5.93. The zero-order chi connectivity index (χ0) is 16.1. The van der Waals surface area contributed by atoms with Crippen LogP contribution in [0.3, 0.4) is 0 Å². The lowest BCUT2D eigenvalue weighted by molar-refractivity contribution is -0.120. The number of rotatable bonds is 5. The first kappa shape index (κ1) is 22.2. The Labute approximate surface area is 162 Å². The molecule has 25 heavy (non-hydrogen) atoms. The van der Waals surface area contributed by atoms with Gasteiger partial charge in [0.1, 0.15) is 0 Å². The first-order valence-corrected chi connectivity index (χ1v) is 8.67. The highest BCUT2D eigenvalue weighted by Crippen LogP contribution is 2.32. The molecule has 1 aliphatic carbocycles. The van der Waals surface area contributed by atoms with Crippen LogP contribution in [0.2, 0.25) is 0 Å². The number of nitrogens with one attached hydrogen (secondary N) is 1. The van der Waals surface area contributed by atoms with Gasteiger partial charge in [-0.1, -0.05) is 24.6 Å². The fourth-order valence-corrected chi connectivity index (χ4v) is 3.67. The van der Waals surface area contributed by atoms with Crippen LogP contribution in [0.25, 0.3) is 0 Å². The Bertz CT molecular complexity index is 539. The van der Waals surface area contributed by atoms with Gasteiger partial charge in [-0.05, 0) is 36.9 Å². The molecular weight excluding hydrogens is 361 g/mol. The van der Waals surface area contributed by atoms with E-state index in [2.05, 4.69) is 16.3 Å². The maximum atomic E-state index is 12.6. The Morgan fingerprint density at radius 1 is 1.20 bits per heavy atom. The molecule has 2 aliphatic rings. The van der Waals surface area contributed by atoms with Crippen molar-refractivity contribution in [1.82, 2.24) is 4.90 Å². The molecule has 1 aromatic carbocycles. The molecule has 142 valence electrons. The lowest BCUT2D eigenvalue weighted by Gasteiger charge is -2.27. The Hall–Kier alpha value is -0.850. The number of nitrogens with two attached hydrogens (primary N) is 1. The van der Waals surface area contributed by atoms with E-state index >= 15 is 0 Å². The van der Waals surface area contributed by atoms with E-state index in [4.69, 9.17) is 10.5 Å². The van der Waals surface area contributed by atoms with Gasteiger partial charge in [-0.25, -0.2) is 0 Å². The second kappa shape index (κ2) is 11.0. The monoisotopic (exact) mass is 389 g/mol. The van der Waals surface area contributed by atoms with Crippen LogP contribution in [0.1, 0.15) is 24.8 Å². The fraction of sp³-hybridized carbons (Fsp3) is 0.611. The van der Waals surface area contributed by atoms with Gasteiger partial charge in [-0.3, -0.25) is 9.69 Å². The van der Waals surface area contributed by atoms with Crippen molar-refractivity contribution in [3.63, 3.8) is 0 Å². The smallest absolute Gasteiger partial charge is 0.227 e. The topological polar surface area (TPSA) is 67.6 Å². The number of ether oxygens (including phenoxy) is 1. The number of nitrogens with zero attached hydrogens (tertiary/aromatic N) is 1. The molecule has 0 radical (unpaired) electrons. The third-order valence-corrected chi connectivity index (χ3v) is 5.07. The van der Waals surface area contributed by atoms with Crippen molar-refractivity contribution in [1.29, 1.82) is 0 Å². The lowest BCUT2D eigenvalue weighted by atomic mass is 9.95. The normalized spacial score (nSPS) is 23.4. The van der Waals surface area contributed by atoms with Gasteiger partial charge in [0.2, 0.25) is 5.91 Å². The number of para-hydroxylation sites is 1. The van der Waals surface area contributed by atoms with Crippen LogP contribution >= 0.6 is 24.8 Å². The molecule has 5 nitrogen and oxygen atoms in total. The number of amides is 1. The number of carbonyl (C=O) groups is 1. The minimum atomic E-state index is 0. The second-order valence-corrected chi connectivity index (χ2v) is 6.57. The van der Waals surface area contributed by atoms with Gasteiger partial charge in [-0.2, -0.15) is 0 Å². The van der Waals surface area contributed by atoms with Crippen LogP contribution in [-0.2, 0) is 16.1 Å². The van der Waals surface area contributed by atoms with Gasteiger partial charge in [0.05, 0.1) is 13.2 Å². The van der Waals surface area contributed by atoms with E-state index in [1.807, 2.05) is 18.2 Å². The molecule has 0 unspecified atom stereocenters. The van der Waals surface area contributed by atoms with Gasteiger partial charge >= 0.3 is 0 Å². The molecule has 3 N–H and O–H groups in total. The molecule has 1 heterocycles. The molecule has 0 bridgehead atoms. The minimum Gasteiger partial charge on any atom is -0.379 e. The first-order valence-electron chi connectivity index (χ1n) is 8.67. The molecule has 2 fully saturated rings. The van der Waals surface area contributed by atoms with Gasteiger partial charge < -0.3 is 15.8 Å². The molecule has 3 rings (SSSR count). The molecule has 1 aliphatic heterocycles. The van der Waals surface area contributed by atoms with Crippen molar-refractivity contribution in [2.24, 2.45) is 17.6 Å². The first-order chi connectivity index (χ1) is 11.3. The summed E-state index contributed by atoms with van der Waals surface area (Å²) < 4.78 is 5.40. The van der Waals surface area contributed by atoms with Crippen LogP contribution in [0, 0.1) is 11.8 Å². The Balaban J connectivity index is 0.00000156. The zero-order valence-electron chi connectivity index (χ0n) is 14.5. The summed E-state index contributed by atoms with van der Waals surface area (Å²) in [6, 6.07) is 8.11. The number of hydrogen-bond donors (Lipinski definition) is 2. The van der Waals surface area contributed by atoms with E-state index < -0.39 is 0 Å². The SMILES string of the molecule is Cl.Cl.NC[C@H]1CCC[C@H]1C(=O)Nc1ccccc1CN1CCOCC1. The van der Waals surface area contributed by atoms with E-state index in [0.717, 1.165) is 57.8 Å². The van der Waals surface area contributed by atoms with E-state index in [1.165, 1.54) is 5.56 Å². The summed E-state index contributed by atoms with van der Waals surface area (Å²) in [6.07, 6.45) is 3.14.